The van der Waals surface area contributed by atoms with E-state index < -0.39 is 0 Å². The first-order valence-corrected chi connectivity index (χ1v) is 7.87. The minimum absolute atomic E-state index is 0. The highest BCUT2D eigenvalue weighted by Crippen LogP contribution is 2.06. The van der Waals surface area contributed by atoms with Gasteiger partial charge in [-0.15, -0.1) is 24.0 Å². The van der Waals surface area contributed by atoms with Gasteiger partial charge in [-0.05, 0) is 24.8 Å². The van der Waals surface area contributed by atoms with E-state index >= 15 is 0 Å². The van der Waals surface area contributed by atoms with Gasteiger partial charge in [-0.25, -0.2) is 9.98 Å². The first-order valence-electron chi connectivity index (χ1n) is 7.87. The van der Waals surface area contributed by atoms with Crippen LogP contribution in [0.1, 0.15) is 31.2 Å². The summed E-state index contributed by atoms with van der Waals surface area (Å²) >= 11 is 0. The molecule has 1 heterocycles. The van der Waals surface area contributed by atoms with Gasteiger partial charge in [0.25, 0.3) is 0 Å². The van der Waals surface area contributed by atoms with Crippen LogP contribution in [0, 0.1) is 0 Å². The van der Waals surface area contributed by atoms with Crippen molar-refractivity contribution < 1.29 is 0 Å². The number of aliphatic imine (C=N–C) groups is 1. The summed E-state index contributed by atoms with van der Waals surface area (Å²) < 4.78 is 2.15. The van der Waals surface area contributed by atoms with Crippen LogP contribution in [-0.4, -0.2) is 22.1 Å². The molecule has 126 valence electrons. The zero-order valence-electron chi connectivity index (χ0n) is 13.6. The van der Waals surface area contributed by atoms with E-state index in [1.165, 1.54) is 5.56 Å². The van der Waals surface area contributed by atoms with E-state index in [1.807, 2.05) is 18.5 Å². The molecule has 0 bridgehead atoms. The molecule has 1 aromatic heterocycles. The minimum Gasteiger partial charge on any atom is -0.370 e. The zero-order valence-corrected chi connectivity index (χ0v) is 15.9. The van der Waals surface area contributed by atoms with Gasteiger partial charge in [0.2, 0.25) is 0 Å². The SMILES string of the molecule is CCCNC(N)=NCc1nccn1CCCc1ccccc1.I. The Morgan fingerprint density at radius 1 is 1.30 bits per heavy atom. The van der Waals surface area contributed by atoms with Crippen molar-refractivity contribution in [3.63, 3.8) is 0 Å². The van der Waals surface area contributed by atoms with Crippen LogP contribution in [0.4, 0.5) is 0 Å². The van der Waals surface area contributed by atoms with Crippen LogP contribution in [-0.2, 0) is 19.5 Å². The first kappa shape index (κ1) is 19.5. The lowest BCUT2D eigenvalue weighted by atomic mass is 10.1. The molecule has 0 spiro atoms. The number of halogens is 1. The number of nitrogens with two attached hydrogens (primary N) is 1. The molecule has 0 radical (unpaired) electrons. The van der Waals surface area contributed by atoms with Crippen molar-refractivity contribution in [2.45, 2.75) is 39.3 Å². The molecule has 0 aliphatic heterocycles. The van der Waals surface area contributed by atoms with Gasteiger partial charge in [-0.3, -0.25) is 0 Å². The maximum atomic E-state index is 5.80. The average Bonchev–Trinajstić information content (AvgIpc) is 2.99. The number of aryl methyl sites for hydroxylation is 2. The monoisotopic (exact) mass is 427 g/mol. The lowest BCUT2D eigenvalue weighted by molar-refractivity contribution is 0.611. The van der Waals surface area contributed by atoms with Gasteiger partial charge >= 0.3 is 0 Å². The van der Waals surface area contributed by atoms with Gasteiger partial charge < -0.3 is 15.6 Å². The molecule has 0 amide bonds. The van der Waals surface area contributed by atoms with E-state index in [0.717, 1.165) is 38.2 Å². The van der Waals surface area contributed by atoms with Crippen LogP contribution in [0.25, 0.3) is 0 Å². The number of imidazole rings is 1. The van der Waals surface area contributed by atoms with Crippen LogP contribution in [0.2, 0.25) is 0 Å². The number of hydrogen-bond donors (Lipinski definition) is 2. The van der Waals surface area contributed by atoms with Crippen molar-refractivity contribution in [1.82, 2.24) is 14.9 Å². The predicted molar refractivity (Wildman–Crippen MR) is 106 cm³/mol. The highest BCUT2D eigenvalue weighted by Gasteiger charge is 2.02. The van der Waals surface area contributed by atoms with Gasteiger partial charge in [0.1, 0.15) is 12.4 Å². The lowest BCUT2D eigenvalue weighted by Crippen LogP contribution is -2.32. The summed E-state index contributed by atoms with van der Waals surface area (Å²) in [6.45, 7) is 4.41. The molecule has 2 rings (SSSR count). The van der Waals surface area contributed by atoms with Crippen molar-refractivity contribution in [2.75, 3.05) is 6.54 Å². The van der Waals surface area contributed by atoms with Crippen LogP contribution in [0.3, 0.4) is 0 Å². The van der Waals surface area contributed by atoms with Gasteiger partial charge in [0.15, 0.2) is 5.96 Å². The number of guanidine groups is 1. The minimum atomic E-state index is 0. The Labute approximate surface area is 155 Å². The Morgan fingerprint density at radius 2 is 2.09 bits per heavy atom. The molecular weight excluding hydrogens is 401 g/mol. The molecule has 23 heavy (non-hydrogen) atoms. The van der Waals surface area contributed by atoms with Crippen molar-refractivity contribution in [2.24, 2.45) is 10.7 Å². The zero-order chi connectivity index (χ0) is 15.6. The summed E-state index contributed by atoms with van der Waals surface area (Å²) in [5.74, 6) is 1.44. The smallest absolute Gasteiger partial charge is 0.189 e. The Bertz CT molecular complexity index is 580. The Hall–Kier alpha value is -1.57. The molecule has 0 saturated carbocycles. The third-order valence-corrected chi connectivity index (χ3v) is 3.46. The lowest BCUT2D eigenvalue weighted by Gasteiger charge is -2.07. The molecule has 0 atom stereocenters. The molecule has 0 aliphatic carbocycles. The fraction of sp³-hybridized carbons (Fsp3) is 0.412. The molecule has 3 N–H and O–H groups in total. The maximum absolute atomic E-state index is 5.80. The second kappa shape index (κ2) is 11.0. The van der Waals surface area contributed by atoms with E-state index in [2.05, 4.69) is 51.0 Å². The van der Waals surface area contributed by atoms with Gasteiger partial charge in [0, 0.05) is 25.5 Å². The summed E-state index contributed by atoms with van der Waals surface area (Å²) in [4.78, 5) is 8.70. The molecular formula is C17H26IN5. The van der Waals surface area contributed by atoms with Gasteiger partial charge in [0.05, 0.1) is 0 Å². The number of nitrogens with zero attached hydrogens (tertiary/aromatic N) is 3. The highest BCUT2D eigenvalue weighted by molar-refractivity contribution is 14.0. The normalized spacial score (nSPS) is 11.1. The fourth-order valence-corrected chi connectivity index (χ4v) is 2.26. The quantitative estimate of drug-likeness (QED) is 0.387. The molecule has 6 heteroatoms. The van der Waals surface area contributed by atoms with Crippen molar-refractivity contribution >= 4 is 29.9 Å². The molecule has 5 nitrogen and oxygen atoms in total. The second-order valence-corrected chi connectivity index (χ2v) is 5.25. The fourth-order valence-electron chi connectivity index (χ4n) is 2.26. The van der Waals surface area contributed by atoms with Crippen LogP contribution in [0.15, 0.2) is 47.7 Å². The van der Waals surface area contributed by atoms with E-state index in [1.54, 1.807) is 0 Å². The summed E-state index contributed by atoms with van der Waals surface area (Å²) in [6.07, 6.45) is 7.02. The third kappa shape index (κ3) is 7.02. The Morgan fingerprint density at radius 3 is 2.83 bits per heavy atom. The second-order valence-electron chi connectivity index (χ2n) is 5.25. The molecule has 0 fully saturated rings. The Balaban J connectivity index is 0.00000264. The van der Waals surface area contributed by atoms with Gasteiger partial charge in [-0.2, -0.15) is 0 Å². The predicted octanol–water partition coefficient (Wildman–Crippen LogP) is 2.95. The largest absolute Gasteiger partial charge is 0.370 e. The van der Waals surface area contributed by atoms with Crippen molar-refractivity contribution in [3.8, 4) is 0 Å². The highest BCUT2D eigenvalue weighted by atomic mass is 127. The Kier molecular flexibility index (Phi) is 9.35. The average molecular weight is 427 g/mol. The molecule has 0 saturated heterocycles. The summed E-state index contributed by atoms with van der Waals surface area (Å²) in [5.41, 5.74) is 7.17. The number of nitrogens with one attached hydrogen (secondary N) is 1. The number of benzene rings is 1. The number of hydrogen-bond acceptors (Lipinski definition) is 2. The number of aromatic nitrogens is 2. The van der Waals surface area contributed by atoms with E-state index in [-0.39, 0.29) is 24.0 Å². The van der Waals surface area contributed by atoms with Crippen molar-refractivity contribution in [1.29, 1.82) is 0 Å². The summed E-state index contributed by atoms with van der Waals surface area (Å²) in [6, 6.07) is 10.5. The molecule has 0 aliphatic rings. The summed E-state index contributed by atoms with van der Waals surface area (Å²) in [7, 11) is 0. The standard InChI is InChI=1S/C17H25N5.HI/c1-2-10-20-17(18)21-14-16-19-11-13-22(16)12-6-9-15-7-4-3-5-8-15;/h3-5,7-8,11,13H,2,6,9-10,12,14H2,1H3,(H3,18,20,21);1H. The van der Waals surface area contributed by atoms with E-state index in [0.29, 0.717) is 12.5 Å². The molecule has 0 unspecified atom stereocenters. The van der Waals surface area contributed by atoms with Crippen LogP contribution in [0.5, 0.6) is 0 Å². The van der Waals surface area contributed by atoms with Crippen LogP contribution >= 0.6 is 24.0 Å². The van der Waals surface area contributed by atoms with Crippen LogP contribution < -0.4 is 11.1 Å². The topological polar surface area (TPSA) is 68.2 Å². The first-order chi connectivity index (χ1) is 10.8. The van der Waals surface area contributed by atoms with Gasteiger partial charge in [-0.1, -0.05) is 37.3 Å². The molecule has 2 aromatic rings. The summed E-state index contributed by atoms with van der Waals surface area (Å²) in [5, 5.41) is 3.07. The third-order valence-electron chi connectivity index (χ3n) is 3.46. The van der Waals surface area contributed by atoms with E-state index in [4.69, 9.17) is 5.73 Å². The van der Waals surface area contributed by atoms with E-state index in [9.17, 15) is 0 Å². The number of rotatable bonds is 8. The molecule has 1 aromatic carbocycles. The maximum Gasteiger partial charge on any atom is 0.189 e. The van der Waals surface area contributed by atoms with Crippen molar-refractivity contribution in [3.05, 3.63) is 54.1 Å².